The van der Waals surface area contributed by atoms with Crippen LogP contribution in [-0.2, 0) is 14.2 Å². The second-order valence-corrected chi connectivity index (χ2v) is 5.49. The lowest BCUT2D eigenvalue weighted by Crippen LogP contribution is -2.35. The Morgan fingerprint density at radius 3 is 2.76 bits per heavy atom. The summed E-state index contributed by atoms with van der Waals surface area (Å²) in [4.78, 5) is 16.0. The van der Waals surface area contributed by atoms with E-state index < -0.39 is 30.2 Å². The van der Waals surface area contributed by atoms with Crippen molar-refractivity contribution in [2.75, 3.05) is 44.8 Å². The van der Waals surface area contributed by atoms with Crippen LogP contribution in [0, 0.1) is 0 Å². The van der Waals surface area contributed by atoms with Crippen LogP contribution in [0.4, 0.5) is 5.82 Å². The molecule has 142 valence electrons. The molecule has 25 heavy (non-hydrogen) atoms. The lowest BCUT2D eigenvalue weighted by molar-refractivity contribution is -0.0350. The summed E-state index contributed by atoms with van der Waals surface area (Å²) >= 11 is 0. The van der Waals surface area contributed by atoms with Gasteiger partial charge in [0.1, 0.15) is 18.0 Å². The van der Waals surface area contributed by atoms with Gasteiger partial charge < -0.3 is 35.5 Å². The number of aromatic nitrogens is 2. The molecule has 0 aliphatic carbocycles. The first-order valence-corrected chi connectivity index (χ1v) is 8.08. The summed E-state index contributed by atoms with van der Waals surface area (Å²) in [7, 11) is 0. The highest BCUT2D eigenvalue weighted by Crippen LogP contribution is 2.27. The zero-order chi connectivity index (χ0) is 18.9. The highest BCUT2D eigenvalue weighted by Gasteiger charge is 2.41. The first-order chi connectivity index (χ1) is 12.6. The van der Waals surface area contributed by atoms with Crippen molar-refractivity contribution < 1.29 is 25.8 Å². The molecule has 1 aliphatic rings. The normalized spacial score (nSPS) is 26.6. The number of rotatable bonds is 10. The molecule has 0 spiro atoms. The molecule has 1 fully saturated rings. The number of ether oxygens (including phenoxy) is 3. The minimum Gasteiger partial charge on any atom is -0.388 e. The van der Waals surface area contributed by atoms with Crippen molar-refractivity contribution in [3.05, 3.63) is 22.7 Å². The van der Waals surface area contributed by atoms with Gasteiger partial charge in [-0.05, 0) is 13.0 Å². The molecule has 2 rings (SSSR count). The molecule has 1 aliphatic heterocycles. The summed E-state index contributed by atoms with van der Waals surface area (Å²) in [6, 6.07) is 1.56. The van der Waals surface area contributed by atoms with Crippen molar-refractivity contribution in [2.45, 2.75) is 31.4 Å². The van der Waals surface area contributed by atoms with E-state index >= 15 is 0 Å². The molecule has 1 aromatic heterocycles. The standard InChI is InChI=1S/C15H26N4O6/c1-10-12(20)13(21)14(25-10)19-5-2-11(18-15(19)22)17-4-7-24-9-8-23-6-3-16/h2,5,10,12-14,20-21H,3-4,6-9,16H2,1H3,(H,17,18,22)/t10-,12?,13+,14-/m1/s1/i1D. The summed E-state index contributed by atoms with van der Waals surface area (Å²) < 4.78 is 24.3. The zero-order valence-corrected chi connectivity index (χ0v) is 13.9. The van der Waals surface area contributed by atoms with E-state index in [0.717, 1.165) is 4.57 Å². The summed E-state index contributed by atoms with van der Waals surface area (Å²) in [5.74, 6) is 0.360. The molecule has 0 amide bonds. The average molecular weight is 359 g/mol. The summed E-state index contributed by atoms with van der Waals surface area (Å²) in [5, 5.41) is 22.7. The SMILES string of the molecule is [2H]C[C@H]1O[C@@H](n2ccc(NCCOCCOCCN)nc2=O)[C@@H](O)C1O. The van der Waals surface area contributed by atoms with Gasteiger partial charge in [0, 0.05) is 20.7 Å². The van der Waals surface area contributed by atoms with Crippen molar-refractivity contribution in [2.24, 2.45) is 5.73 Å². The van der Waals surface area contributed by atoms with Gasteiger partial charge in [0.2, 0.25) is 0 Å². The predicted octanol–water partition coefficient (Wildman–Crippen LogP) is -1.71. The Bertz CT molecular complexity index is 604. The van der Waals surface area contributed by atoms with Gasteiger partial charge in [-0.1, -0.05) is 0 Å². The van der Waals surface area contributed by atoms with Crippen molar-refractivity contribution in [3.8, 4) is 0 Å². The van der Waals surface area contributed by atoms with E-state index in [1.807, 2.05) is 0 Å². The molecule has 1 saturated heterocycles. The Balaban J connectivity index is 1.80. The Morgan fingerprint density at radius 2 is 2.12 bits per heavy atom. The quantitative estimate of drug-likeness (QED) is 0.359. The molecule has 0 radical (unpaired) electrons. The summed E-state index contributed by atoms with van der Waals surface area (Å²) in [5.41, 5.74) is 4.66. The van der Waals surface area contributed by atoms with Crippen molar-refractivity contribution >= 4 is 5.82 Å². The molecule has 1 unspecified atom stereocenters. The zero-order valence-electron chi connectivity index (χ0n) is 14.9. The molecule has 10 heteroatoms. The Hall–Kier alpha value is -1.56. The fourth-order valence-electron chi connectivity index (χ4n) is 2.32. The van der Waals surface area contributed by atoms with Crippen molar-refractivity contribution in [3.63, 3.8) is 0 Å². The van der Waals surface area contributed by atoms with Crippen LogP contribution in [0.2, 0.25) is 0 Å². The van der Waals surface area contributed by atoms with Gasteiger partial charge in [0.15, 0.2) is 6.23 Å². The van der Waals surface area contributed by atoms with Crippen LogP contribution in [0.5, 0.6) is 0 Å². The number of hydrogen-bond acceptors (Lipinski definition) is 9. The molecule has 5 N–H and O–H groups in total. The molecule has 0 saturated carbocycles. The van der Waals surface area contributed by atoms with Crippen LogP contribution < -0.4 is 16.7 Å². The largest absolute Gasteiger partial charge is 0.388 e. The number of aliphatic hydroxyl groups is 2. The van der Waals surface area contributed by atoms with Crippen LogP contribution in [0.25, 0.3) is 0 Å². The number of nitrogens with one attached hydrogen (secondary N) is 1. The molecule has 2 heterocycles. The van der Waals surface area contributed by atoms with E-state index in [4.69, 9.17) is 21.3 Å². The summed E-state index contributed by atoms with van der Waals surface area (Å²) in [6.07, 6.45) is -2.99. The van der Waals surface area contributed by atoms with Crippen LogP contribution in [-0.4, -0.2) is 77.6 Å². The van der Waals surface area contributed by atoms with Gasteiger partial charge in [-0.3, -0.25) is 4.57 Å². The van der Waals surface area contributed by atoms with Crippen molar-refractivity contribution in [1.82, 2.24) is 9.55 Å². The van der Waals surface area contributed by atoms with Crippen LogP contribution in [0.3, 0.4) is 0 Å². The molecular weight excluding hydrogens is 332 g/mol. The second-order valence-electron chi connectivity index (χ2n) is 5.49. The number of hydrogen-bond donors (Lipinski definition) is 4. The maximum absolute atomic E-state index is 12.1. The molecule has 0 bridgehead atoms. The summed E-state index contributed by atoms with van der Waals surface area (Å²) in [6.45, 7) is 2.56. The number of anilines is 1. The van der Waals surface area contributed by atoms with E-state index in [1.165, 1.54) is 6.20 Å². The van der Waals surface area contributed by atoms with Crippen LogP contribution in [0.1, 0.15) is 14.5 Å². The maximum Gasteiger partial charge on any atom is 0.351 e. The van der Waals surface area contributed by atoms with E-state index in [1.54, 1.807) is 6.07 Å². The Labute approximate surface area is 146 Å². The molecule has 1 aromatic rings. The van der Waals surface area contributed by atoms with E-state index in [2.05, 4.69) is 10.3 Å². The fourth-order valence-corrected chi connectivity index (χ4v) is 2.32. The lowest BCUT2D eigenvalue weighted by Gasteiger charge is -2.17. The van der Waals surface area contributed by atoms with Gasteiger partial charge in [-0.25, -0.2) is 4.79 Å². The third-order valence-electron chi connectivity index (χ3n) is 3.63. The minimum atomic E-state index is -1.29. The second kappa shape index (κ2) is 9.80. The van der Waals surface area contributed by atoms with Gasteiger partial charge in [-0.15, -0.1) is 0 Å². The third kappa shape index (κ3) is 5.46. The maximum atomic E-state index is 12.1. The number of aliphatic hydroxyl groups excluding tert-OH is 2. The molecular formula is C15H26N4O6. The minimum absolute atomic E-state index is 0.214. The van der Waals surface area contributed by atoms with Gasteiger partial charge in [-0.2, -0.15) is 4.98 Å². The van der Waals surface area contributed by atoms with Gasteiger partial charge in [0.25, 0.3) is 0 Å². The lowest BCUT2D eigenvalue weighted by atomic mass is 10.1. The van der Waals surface area contributed by atoms with Crippen LogP contribution >= 0.6 is 0 Å². The highest BCUT2D eigenvalue weighted by atomic mass is 16.6. The Kier molecular flexibility index (Phi) is 7.15. The first kappa shape index (κ1) is 18.2. The van der Waals surface area contributed by atoms with E-state index in [-0.39, 0.29) is 6.90 Å². The first-order valence-electron chi connectivity index (χ1n) is 8.78. The number of nitrogens with two attached hydrogens (primary N) is 1. The number of nitrogens with zero attached hydrogens (tertiary/aromatic N) is 2. The smallest absolute Gasteiger partial charge is 0.351 e. The predicted molar refractivity (Wildman–Crippen MR) is 89.3 cm³/mol. The average Bonchev–Trinajstić information content (AvgIpc) is 2.92. The third-order valence-corrected chi connectivity index (χ3v) is 3.63. The molecule has 4 atom stereocenters. The van der Waals surface area contributed by atoms with Crippen LogP contribution in [0.15, 0.2) is 17.1 Å². The van der Waals surface area contributed by atoms with Gasteiger partial charge in [0.05, 0.1) is 32.5 Å². The monoisotopic (exact) mass is 359 g/mol. The van der Waals surface area contributed by atoms with E-state index in [0.29, 0.717) is 45.3 Å². The van der Waals surface area contributed by atoms with Crippen molar-refractivity contribution in [1.29, 1.82) is 0 Å². The molecule has 0 aromatic carbocycles. The van der Waals surface area contributed by atoms with E-state index in [9.17, 15) is 15.0 Å². The highest BCUT2D eigenvalue weighted by molar-refractivity contribution is 5.31. The molecule has 10 nitrogen and oxygen atoms in total. The Morgan fingerprint density at radius 1 is 1.36 bits per heavy atom. The topological polar surface area (TPSA) is 141 Å². The fraction of sp³-hybridized carbons (Fsp3) is 0.733. The van der Waals surface area contributed by atoms with Gasteiger partial charge >= 0.3 is 5.69 Å².